The van der Waals surface area contributed by atoms with Gasteiger partial charge in [-0.2, -0.15) is 5.26 Å². The van der Waals surface area contributed by atoms with Crippen molar-refractivity contribution in [3.63, 3.8) is 0 Å². The van der Waals surface area contributed by atoms with Gasteiger partial charge in [-0.1, -0.05) is 42.5 Å². The molecule has 148 valence electrons. The van der Waals surface area contributed by atoms with E-state index in [0.717, 1.165) is 24.0 Å². The Hall–Kier alpha value is -3.17. The van der Waals surface area contributed by atoms with Crippen LogP contribution in [-0.2, 0) is 20.7 Å². The van der Waals surface area contributed by atoms with Gasteiger partial charge in [-0.15, -0.1) is 0 Å². The minimum absolute atomic E-state index is 0.0373. The number of nitrogens with zero attached hydrogens (tertiary/aromatic N) is 2. The standard InChI is InChI=1S/C23H23N3O3/c24-12-11-16-6-4-9-18(14-16)25-22(27)23(28)26-13-5-10-20-19(26)15-21(29-20)17-7-2-1-3-8-17/h1-4,6-9,14,19-21H,5,10-11,13,15H2,(H,25,27)/t19-,20-,21-/m0/s1. The average Bonchev–Trinajstić information content (AvgIpc) is 3.19. The maximum absolute atomic E-state index is 12.9. The highest BCUT2D eigenvalue weighted by Crippen LogP contribution is 2.39. The van der Waals surface area contributed by atoms with E-state index < -0.39 is 11.8 Å². The number of benzene rings is 2. The third-order valence-corrected chi connectivity index (χ3v) is 5.61. The number of hydrogen-bond donors (Lipinski definition) is 1. The Balaban J connectivity index is 1.44. The van der Waals surface area contributed by atoms with Gasteiger partial charge in [0.15, 0.2) is 0 Å². The molecule has 1 N–H and O–H groups in total. The number of piperidine rings is 1. The van der Waals surface area contributed by atoms with E-state index in [2.05, 4.69) is 11.4 Å². The van der Waals surface area contributed by atoms with Gasteiger partial charge in [-0.25, -0.2) is 0 Å². The van der Waals surface area contributed by atoms with Crippen LogP contribution in [0.2, 0.25) is 0 Å². The molecule has 6 heteroatoms. The van der Waals surface area contributed by atoms with Crippen LogP contribution in [0.4, 0.5) is 5.69 Å². The first-order valence-corrected chi connectivity index (χ1v) is 9.94. The summed E-state index contributed by atoms with van der Waals surface area (Å²) in [6.45, 7) is 0.562. The summed E-state index contributed by atoms with van der Waals surface area (Å²) in [5, 5.41) is 11.5. The first-order valence-electron chi connectivity index (χ1n) is 9.94. The Morgan fingerprint density at radius 2 is 2.00 bits per heavy atom. The van der Waals surface area contributed by atoms with Crippen molar-refractivity contribution in [2.75, 3.05) is 11.9 Å². The van der Waals surface area contributed by atoms with Gasteiger partial charge in [-0.05, 0) is 36.1 Å². The molecular formula is C23H23N3O3. The molecule has 2 heterocycles. The van der Waals surface area contributed by atoms with Crippen LogP contribution in [0.1, 0.15) is 36.5 Å². The highest BCUT2D eigenvalue weighted by Gasteiger charge is 2.44. The van der Waals surface area contributed by atoms with Crippen LogP contribution in [-0.4, -0.2) is 35.4 Å². The van der Waals surface area contributed by atoms with Crippen molar-refractivity contribution in [1.82, 2.24) is 4.90 Å². The van der Waals surface area contributed by atoms with Gasteiger partial charge in [0.25, 0.3) is 0 Å². The Kier molecular flexibility index (Phi) is 5.59. The summed E-state index contributed by atoms with van der Waals surface area (Å²) in [6, 6.07) is 19.0. The third kappa shape index (κ3) is 4.15. The van der Waals surface area contributed by atoms with Crippen LogP contribution in [0.15, 0.2) is 54.6 Å². The summed E-state index contributed by atoms with van der Waals surface area (Å²) in [7, 11) is 0. The predicted molar refractivity (Wildman–Crippen MR) is 108 cm³/mol. The molecule has 0 aromatic heterocycles. The molecule has 3 atom stereocenters. The van der Waals surface area contributed by atoms with Gasteiger partial charge >= 0.3 is 11.8 Å². The Morgan fingerprint density at radius 1 is 1.17 bits per heavy atom. The lowest BCUT2D eigenvalue weighted by Gasteiger charge is -2.35. The molecule has 4 rings (SSSR count). The highest BCUT2D eigenvalue weighted by atomic mass is 16.5. The van der Waals surface area contributed by atoms with Crippen molar-refractivity contribution >= 4 is 17.5 Å². The van der Waals surface area contributed by atoms with Gasteiger partial charge < -0.3 is 15.0 Å². The monoisotopic (exact) mass is 389 g/mol. The SMILES string of the molecule is N#CCc1cccc(NC(=O)C(=O)N2CCC[C@@H]3O[C@H](c4ccccc4)C[C@@H]32)c1. The highest BCUT2D eigenvalue weighted by molar-refractivity contribution is 6.39. The molecule has 2 fully saturated rings. The first-order chi connectivity index (χ1) is 14.2. The molecule has 0 spiro atoms. The number of ether oxygens (including phenoxy) is 1. The first kappa shape index (κ1) is 19.2. The fraction of sp³-hybridized carbons (Fsp3) is 0.348. The minimum Gasteiger partial charge on any atom is -0.368 e. The number of amides is 2. The lowest BCUT2D eigenvalue weighted by molar-refractivity contribution is -0.147. The van der Waals surface area contributed by atoms with Crippen LogP contribution in [0.3, 0.4) is 0 Å². The fourth-order valence-electron chi connectivity index (χ4n) is 4.25. The molecule has 2 aromatic carbocycles. The largest absolute Gasteiger partial charge is 0.368 e. The topological polar surface area (TPSA) is 82.4 Å². The third-order valence-electron chi connectivity index (χ3n) is 5.61. The number of carbonyl (C=O) groups excluding carboxylic acids is 2. The van der Waals surface area contributed by atoms with Gasteiger partial charge in [-0.3, -0.25) is 9.59 Å². The number of nitriles is 1. The Labute approximate surface area is 170 Å². The quantitative estimate of drug-likeness (QED) is 0.817. The van der Waals surface area contributed by atoms with Crippen LogP contribution in [0.5, 0.6) is 0 Å². The average molecular weight is 389 g/mol. The summed E-state index contributed by atoms with van der Waals surface area (Å²) in [4.78, 5) is 27.2. The number of rotatable bonds is 3. The molecule has 2 aromatic rings. The molecule has 2 saturated heterocycles. The van der Waals surface area contributed by atoms with Crippen molar-refractivity contribution < 1.29 is 14.3 Å². The second-order valence-electron chi connectivity index (χ2n) is 7.51. The summed E-state index contributed by atoms with van der Waals surface area (Å²) in [5.74, 6) is -1.18. The van der Waals surface area contributed by atoms with E-state index in [0.29, 0.717) is 18.7 Å². The number of likely N-dealkylation sites (tertiary alicyclic amines) is 1. The van der Waals surface area contributed by atoms with Crippen molar-refractivity contribution in [3.8, 4) is 6.07 Å². The van der Waals surface area contributed by atoms with Crippen LogP contribution < -0.4 is 5.32 Å². The van der Waals surface area contributed by atoms with E-state index in [4.69, 9.17) is 10.00 Å². The number of nitrogens with one attached hydrogen (secondary N) is 1. The van der Waals surface area contributed by atoms with E-state index in [1.54, 1.807) is 23.1 Å². The number of hydrogen-bond acceptors (Lipinski definition) is 4. The lowest BCUT2D eigenvalue weighted by Crippen LogP contribution is -2.52. The molecule has 2 amide bonds. The molecule has 0 aliphatic carbocycles. The van der Waals surface area contributed by atoms with Gasteiger partial charge in [0.2, 0.25) is 0 Å². The second kappa shape index (κ2) is 8.46. The zero-order valence-corrected chi connectivity index (χ0v) is 16.1. The number of anilines is 1. The Morgan fingerprint density at radius 3 is 2.79 bits per heavy atom. The minimum atomic E-state index is -0.650. The molecule has 2 aliphatic rings. The van der Waals surface area contributed by atoms with E-state index in [-0.39, 0.29) is 24.7 Å². The summed E-state index contributed by atoms with van der Waals surface area (Å²) in [6.07, 6.45) is 2.58. The molecule has 0 bridgehead atoms. The van der Waals surface area contributed by atoms with Gasteiger partial charge in [0.05, 0.1) is 30.7 Å². The lowest BCUT2D eigenvalue weighted by atomic mass is 9.95. The van der Waals surface area contributed by atoms with E-state index in [1.807, 2.05) is 36.4 Å². The zero-order valence-electron chi connectivity index (χ0n) is 16.1. The van der Waals surface area contributed by atoms with Crippen molar-refractivity contribution in [1.29, 1.82) is 5.26 Å². The molecular weight excluding hydrogens is 366 g/mol. The van der Waals surface area contributed by atoms with Crippen LogP contribution in [0.25, 0.3) is 0 Å². The van der Waals surface area contributed by atoms with Crippen molar-refractivity contribution in [2.24, 2.45) is 0 Å². The molecule has 6 nitrogen and oxygen atoms in total. The second-order valence-corrected chi connectivity index (χ2v) is 7.51. The summed E-state index contributed by atoms with van der Waals surface area (Å²) >= 11 is 0. The molecule has 29 heavy (non-hydrogen) atoms. The van der Waals surface area contributed by atoms with E-state index in [1.165, 1.54) is 0 Å². The van der Waals surface area contributed by atoms with Crippen molar-refractivity contribution in [2.45, 2.75) is 43.9 Å². The summed E-state index contributed by atoms with van der Waals surface area (Å²) in [5.41, 5.74) is 2.42. The normalized spacial score (nSPS) is 23.1. The smallest absolute Gasteiger partial charge is 0.313 e. The molecule has 0 radical (unpaired) electrons. The van der Waals surface area contributed by atoms with E-state index >= 15 is 0 Å². The predicted octanol–water partition coefficient (Wildman–Crippen LogP) is 3.21. The maximum Gasteiger partial charge on any atom is 0.313 e. The molecule has 0 saturated carbocycles. The van der Waals surface area contributed by atoms with Gasteiger partial charge in [0.1, 0.15) is 0 Å². The fourth-order valence-corrected chi connectivity index (χ4v) is 4.25. The number of fused-ring (bicyclic) bond motifs is 1. The number of carbonyl (C=O) groups is 2. The zero-order chi connectivity index (χ0) is 20.2. The Bertz CT molecular complexity index is 938. The molecule has 0 unspecified atom stereocenters. The van der Waals surface area contributed by atoms with Crippen LogP contribution >= 0.6 is 0 Å². The summed E-state index contributed by atoms with van der Waals surface area (Å²) < 4.78 is 6.22. The molecule has 2 aliphatic heterocycles. The van der Waals surface area contributed by atoms with Crippen molar-refractivity contribution in [3.05, 3.63) is 65.7 Å². The maximum atomic E-state index is 12.9. The van der Waals surface area contributed by atoms with E-state index in [9.17, 15) is 9.59 Å². The van der Waals surface area contributed by atoms with Gasteiger partial charge in [0, 0.05) is 18.7 Å². The van der Waals surface area contributed by atoms with Crippen LogP contribution in [0, 0.1) is 11.3 Å².